The summed E-state index contributed by atoms with van der Waals surface area (Å²) >= 11 is 1.51. The van der Waals surface area contributed by atoms with E-state index in [-0.39, 0.29) is 0 Å². The number of hydrogen-bond acceptors (Lipinski definition) is 9. The molecule has 5 rings (SSSR count). The lowest BCUT2D eigenvalue weighted by atomic mass is 10.2. The van der Waals surface area contributed by atoms with Crippen LogP contribution in [0.4, 0.5) is 23.1 Å². The van der Waals surface area contributed by atoms with Crippen molar-refractivity contribution < 1.29 is 0 Å². The van der Waals surface area contributed by atoms with E-state index in [9.17, 15) is 0 Å². The van der Waals surface area contributed by atoms with Crippen LogP contribution < -0.4 is 21.3 Å². The molecule has 0 spiro atoms. The van der Waals surface area contributed by atoms with Gasteiger partial charge in [-0.25, -0.2) is 19.6 Å². The van der Waals surface area contributed by atoms with E-state index < -0.39 is 0 Å². The molecule has 4 aromatic rings. The number of rotatable bonds is 4. The van der Waals surface area contributed by atoms with Crippen LogP contribution in [0, 0.1) is 0 Å². The fraction of sp³-hybridized carbons (Fsp3) is 0.238. The Morgan fingerprint density at radius 3 is 2.32 bits per heavy atom. The molecule has 0 atom stereocenters. The number of benzene rings is 1. The third kappa shape index (κ3) is 3.70. The van der Waals surface area contributed by atoms with E-state index in [2.05, 4.69) is 24.9 Å². The second-order valence-electron chi connectivity index (χ2n) is 7.31. The summed E-state index contributed by atoms with van der Waals surface area (Å²) in [6.07, 6.45) is 3.80. The van der Waals surface area contributed by atoms with Crippen molar-refractivity contribution in [2.24, 2.45) is 0 Å². The lowest BCUT2D eigenvalue weighted by Gasteiger charge is -2.36. The minimum Gasteiger partial charge on any atom is -0.399 e. The highest BCUT2D eigenvalue weighted by atomic mass is 32.2. The second-order valence-corrected chi connectivity index (χ2v) is 8.08. The Labute approximate surface area is 184 Å². The average Bonchev–Trinajstić information content (AvgIpc) is 3.15. The Kier molecular flexibility index (Phi) is 4.99. The zero-order valence-corrected chi connectivity index (χ0v) is 18.0. The SMILES string of the molecule is CSc1nc(N2CCN(c3ccccn3)CC2)cc(-n2nc(N)c3cc(N)ccc32)n1. The summed E-state index contributed by atoms with van der Waals surface area (Å²) in [7, 11) is 0. The first kappa shape index (κ1) is 19.4. The van der Waals surface area contributed by atoms with Crippen LogP contribution in [-0.4, -0.2) is 57.2 Å². The van der Waals surface area contributed by atoms with Crippen molar-refractivity contribution in [3.63, 3.8) is 0 Å². The molecule has 0 saturated carbocycles. The van der Waals surface area contributed by atoms with E-state index >= 15 is 0 Å². The van der Waals surface area contributed by atoms with Crippen molar-refractivity contribution >= 4 is 45.8 Å². The predicted molar refractivity (Wildman–Crippen MR) is 126 cm³/mol. The van der Waals surface area contributed by atoms with E-state index in [0.717, 1.165) is 48.7 Å². The number of pyridine rings is 1. The van der Waals surface area contributed by atoms with Crippen molar-refractivity contribution in [2.75, 3.05) is 53.7 Å². The topological polar surface area (TPSA) is 115 Å². The Balaban J connectivity index is 1.46. The minimum atomic E-state index is 0.428. The first-order chi connectivity index (χ1) is 15.1. The maximum atomic E-state index is 6.15. The summed E-state index contributed by atoms with van der Waals surface area (Å²) in [5.41, 5.74) is 13.6. The van der Waals surface area contributed by atoms with Gasteiger partial charge in [-0.15, -0.1) is 5.10 Å². The molecule has 0 amide bonds. The van der Waals surface area contributed by atoms with E-state index in [0.29, 0.717) is 22.5 Å². The highest BCUT2D eigenvalue weighted by Gasteiger charge is 2.21. The monoisotopic (exact) mass is 433 g/mol. The van der Waals surface area contributed by atoms with Gasteiger partial charge in [-0.3, -0.25) is 0 Å². The standard InChI is InChI=1S/C21H23N9S/c1-31-21-25-18(29-10-8-28(9-11-29)17-4-2-3-7-24-17)13-19(26-21)30-16-6-5-14(22)12-15(16)20(23)27-30/h2-7,12-13H,8-11,22H2,1H3,(H2,23,27). The van der Waals surface area contributed by atoms with Crippen LogP contribution in [0.2, 0.25) is 0 Å². The molecular weight excluding hydrogens is 410 g/mol. The molecule has 1 aliphatic rings. The molecule has 1 aromatic carbocycles. The summed E-state index contributed by atoms with van der Waals surface area (Å²) in [5.74, 6) is 3.01. The fourth-order valence-electron chi connectivity index (χ4n) is 3.80. The van der Waals surface area contributed by atoms with E-state index in [1.807, 2.05) is 54.9 Å². The summed E-state index contributed by atoms with van der Waals surface area (Å²) in [4.78, 5) is 18.5. The van der Waals surface area contributed by atoms with Crippen LogP contribution in [-0.2, 0) is 0 Å². The molecule has 0 bridgehead atoms. The van der Waals surface area contributed by atoms with Gasteiger partial charge in [0.15, 0.2) is 16.8 Å². The van der Waals surface area contributed by atoms with Crippen LogP contribution in [0.1, 0.15) is 0 Å². The molecule has 158 valence electrons. The first-order valence-electron chi connectivity index (χ1n) is 10.0. The zero-order chi connectivity index (χ0) is 21.4. The Morgan fingerprint density at radius 1 is 0.871 bits per heavy atom. The molecule has 9 nitrogen and oxygen atoms in total. The quantitative estimate of drug-likeness (QED) is 0.284. The molecule has 3 aromatic heterocycles. The lowest BCUT2D eigenvalue weighted by molar-refractivity contribution is 0.636. The van der Waals surface area contributed by atoms with Crippen molar-refractivity contribution in [3.05, 3.63) is 48.7 Å². The zero-order valence-electron chi connectivity index (χ0n) is 17.1. The second kappa shape index (κ2) is 7.95. The van der Waals surface area contributed by atoms with Crippen LogP contribution in [0.5, 0.6) is 0 Å². The molecule has 0 aliphatic carbocycles. The van der Waals surface area contributed by atoms with Gasteiger partial charge in [-0.1, -0.05) is 17.8 Å². The smallest absolute Gasteiger partial charge is 0.191 e. The van der Waals surface area contributed by atoms with Crippen LogP contribution in [0.3, 0.4) is 0 Å². The van der Waals surface area contributed by atoms with Gasteiger partial charge in [0.1, 0.15) is 11.6 Å². The van der Waals surface area contributed by atoms with E-state index in [4.69, 9.17) is 16.5 Å². The summed E-state index contributed by atoms with van der Waals surface area (Å²) in [6, 6.07) is 13.6. The molecule has 1 fully saturated rings. The normalized spacial score (nSPS) is 14.4. The number of piperazine rings is 1. The molecule has 0 radical (unpaired) electrons. The first-order valence-corrected chi connectivity index (χ1v) is 11.2. The largest absolute Gasteiger partial charge is 0.399 e. The van der Waals surface area contributed by atoms with E-state index in [1.54, 1.807) is 4.68 Å². The Bertz CT molecular complexity index is 1220. The number of nitrogens with two attached hydrogens (primary N) is 2. The molecule has 1 saturated heterocycles. The fourth-order valence-corrected chi connectivity index (χ4v) is 4.17. The summed E-state index contributed by atoms with van der Waals surface area (Å²) in [6.45, 7) is 3.45. The van der Waals surface area contributed by atoms with Gasteiger partial charge in [0, 0.05) is 49.5 Å². The molecular formula is C21H23N9S. The van der Waals surface area contributed by atoms with Gasteiger partial charge in [0.25, 0.3) is 0 Å². The number of fused-ring (bicyclic) bond motifs is 1. The number of hydrogen-bond donors (Lipinski definition) is 2. The summed E-state index contributed by atoms with van der Waals surface area (Å²) in [5, 5.41) is 6.03. The number of nitrogen functional groups attached to an aromatic ring is 2. The van der Waals surface area contributed by atoms with Crippen LogP contribution >= 0.6 is 11.8 Å². The number of thioether (sulfide) groups is 1. The summed E-state index contributed by atoms with van der Waals surface area (Å²) < 4.78 is 1.76. The highest BCUT2D eigenvalue weighted by Crippen LogP contribution is 2.28. The molecule has 4 N–H and O–H groups in total. The van der Waals surface area contributed by atoms with E-state index in [1.165, 1.54) is 11.8 Å². The van der Waals surface area contributed by atoms with Crippen LogP contribution in [0.25, 0.3) is 16.7 Å². The number of nitrogens with zero attached hydrogens (tertiary/aromatic N) is 7. The molecule has 1 aliphatic heterocycles. The number of aromatic nitrogens is 5. The van der Waals surface area contributed by atoms with Gasteiger partial charge in [0.05, 0.1) is 5.52 Å². The maximum absolute atomic E-state index is 6.15. The third-order valence-electron chi connectivity index (χ3n) is 5.39. The van der Waals surface area contributed by atoms with Gasteiger partial charge in [0.2, 0.25) is 0 Å². The Morgan fingerprint density at radius 2 is 1.61 bits per heavy atom. The van der Waals surface area contributed by atoms with Crippen molar-refractivity contribution in [3.8, 4) is 5.82 Å². The Hall–Kier alpha value is -3.53. The third-order valence-corrected chi connectivity index (χ3v) is 5.94. The lowest BCUT2D eigenvalue weighted by Crippen LogP contribution is -2.47. The van der Waals surface area contributed by atoms with Gasteiger partial charge in [-0.2, -0.15) is 0 Å². The molecule has 4 heterocycles. The molecule has 10 heteroatoms. The molecule has 0 unspecified atom stereocenters. The van der Waals surface area contributed by atoms with Gasteiger partial charge < -0.3 is 21.3 Å². The average molecular weight is 434 g/mol. The highest BCUT2D eigenvalue weighted by molar-refractivity contribution is 7.98. The van der Waals surface area contributed by atoms with Crippen molar-refractivity contribution in [1.29, 1.82) is 0 Å². The van der Waals surface area contributed by atoms with Crippen molar-refractivity contribution in [2.45, 2.75) is 5.16 Å². The number of anilines is 4. The van der Waals surface area contributed by atoms with Gasteiger partial charge in [-0.05, 0) is 36.6 Å². The van der Waals surface area contributed by atoms with Crippen LogP contribution in [0.15, 0.2) is 53.8 Å². The minimum absolute atomic E-state index is 0.428. The molecule has 31 heavy (non-hydrogen) atoms. The van der Waals surface area contributed by atoms with Crippen molar-refractivity contribution in [1.82, 2.24) is 24.7 Å². The maximum Gasteiger partial charge on any atom is 0.191 e. The predicted octanol–water partition coefficient (Wildman–Crippen LogP) is 2.42. The van der Waals surface area contributed by atoms with Gasteiger partial charge >= 0.3 is 0 Å².